The van der Waals surface area contributed by atoms with E-state index in [1.54, 1.807) is 0 Å². The van der Waals surface area contributed by atoms with E-state index in [-0.39, 0.29) is 28.9 Å². The maximum atomic E-state index is 13.8. The highest BCUT2D eigenvalue weighted by Gasteiger charge is 2.23. The number of hydrogen-bond acceptors (Lipinski definition) is 5. The van der Waals surface area contributed by atoms with Crippen LogP contribution in [0.2, 0.25) is 0 Å². The van der Waals surface area contributed by atoms with Crippen LogP contribution in [0.5, 0.6) is 0 Å². The molecule has 9 heteroatoms. The Bertz CT molecular complexity index is 1060. The third kappa shape index (κ3) is 4.61. The van der Waals surface area contributed by atoms with Crippen molar-refractivity contribution in [1.29, 1.82) is 0 Å². The van der Waals surface area contributed by atoms with Crippen LogP contribution < -0.4 is 0 Å². The molecule has 0 radical (unpaired) electrons. The Morgan fingerprint density at radius 2 is 1.72 bits per heavy atom. The first kappa shape index (κ1) is 20.9. The van der Waals surface area contributed by atoms with Crippen LogP contribution in [0.1, 0.15) is 63.6 Å². The molecule has 0 fully saturated rings. The predicted octanol–water partition coefficient (Wildman–Crippen LogP) is 4.63. The zero-order chi connectivity index (χ0) is 21.3. The van der Waals surface area contributed by atoms with Crippen molar-refractivity contribution >= 4 is 22.9 Å². The van der Waals surface area contributed by atoms with E-state index in [4.69, 9.17) is 0 Å². The summed E-state index contributed by atoms with van der Waals surface area (Å²) in [6.45, 7) is 6.06. The summed E-state index contributed by atoms with van der Waals surface area (Å²) >= 11 is 1.44. The number of benzene rings is 1. The quantitative estimate of drug-likeness (QED) is 0.589. The second kappa shape index (κ2) is 7.90. The molecule has 1 N–H and O–H groups in total. The minimum absolute atomic E-state index is 0.0938. The Kier molecular flexibility index (Phi) is 5.70. The molecular weight excluding hydrogens is 403 g/mol. The maximum Gasteiger partial charge on any atom is 0.200 e. The van der Waals surface area contributed by atoms with Gasteiger partial charge >= 0.3 is 0 Å². The fourth-order valence-corrected chi connectivity index (χ4v) is 3.50. The highest BCUT2D eigenvalue weighted by molar-refractivity contribution is 7.11. The Balaban J connectivity index is 1.70. The zero-order valence-electron chi connectivity index (χ0n) is 16.0. The summed E-state index contributed by atoms with van der Waals surface area (Å²) < 4.78 is 40.7. The van der Waals surface area contributed by atoms with Gasteiger partial charge in [0.1, 0.15) is 27.5 Å². The standard InChI is InChI=1S/C20H18F3N3O2S/c1-20(2,3)19-26-25-16(29-19)5-4-15(27)14-6-10(9-24-14)18(28)17-12(22)7-11(21)8-13(17)23/h6-9,24H,4-5H2,1-3H3. The van der Waals surface area contributed by atoms with E-state index >= 15 is 0 Å². The molecule has 0 aliphatic heterocycles. The highest BCUT2D eigenvalue weighted by Crippen LogP contribution is 2.26. The van der Waals surface area contributed by atoms with Gasteiger partial charge in [0.05, 0.1) is 11.3 Å². The fraction of sp³-hybridized carbons (Fsp3) is 0.300. The van der Waals surface area contributed by atoms with Crippen molar-refractivity contribution < 1.29 is 22.8 Å². The third-order valence-electron chi connectivity index (χ3n) is 4.15. The Morgan fingerprint density at radius 1 is 1.07 bits per heavy atom. The number of aromatic nitrogens is 3. The summed E-state index contributed by atoms with van der Waals surface area (Å²) in [5.74, 6) is -4.97. The number of Topliss-reactive ketones (excluding diaryl/α,β-unsaturated/α-hetero) is 1. The average molecular weight is 421 g/mol. The van der Waals surface area contributed by atoms with Crippen molar-refractivity contribution in [3.8, 4) is 0 Å². The van der Waals surface area contributed by atoms with Gasteiger partial charge < -0.3 is 4.98 Å². The molecule has 29 heavy (non-hydrogen) atoms. The number of hydrogen-bond donors (Lipinski definition) is 1. The van der Waals surface area contributed by atoms with Crippen LogP contribution in [0.3, 0.4) is 0 Å². The van der Waals surface area contributed by atoms with Crippen molar-refractivity contribution in [3.05, 3.63) is 68.7 Å². The summed E-state index contributed by atoms with van der Waals surface area (Å²) in [5.41, 5.74) is -0.951. The van der Waals surface area contributed by atoms with Crippen LogP contribution in [-0.2, 0) is 11.8 Å². The van der Waals surface area contributed by atoms with Crippen LogP contribution in [0.15, 0.2) is 24.4 Å². The lowest BCUT2D eigenvalue weighted by molar-refractivity contribution is 0.0978. The number of carbonyl (C=O) groups is 2. The average Bonchev–Trinajstić information content (AvgIpc) is 3.28. The normalized spacial score (nSPS) is 11.7. The van der Waals surface area contributed by atoms with Crippen molar-refractivity contribution in [3.63, 3.8) is 0 Å². The third-order valence-corrected chi connectivity index (χ3v) is 5.56. The SMILES string of the molecule is CC(C)(C)c1nnc(CCC(=O)c2cc(C(=O)c3c(F)cc(F)cc3F)c[nH]2)s1. The molecule has 0 atom stereocenters. The van der Waals surface area contributed by atoms with E-state index in [9.17, 15) is 22.8 Å². The number of halogens is 3. The van der Waals surface area contributed by atoms with Gasteiger partial charge in [-0.1, -0.05) is 20.8 Å². The molecule has 0 bridgehead atoms. The summed E-state index contributed by atoms with van der Waals surface area (Å²) in [4.78, 5) is 27.4. The highest BCUT2D eigenvalue weighted by atomic mass is 32.1. The van der Waals surface area contributed by atoms with Gasteiger partial charge in [0, 0.05) is 42.1 Å². The van der Waals surface area contributed by atoms with Crippen molar-refractivity contribution in [2.45, 2.75) is 39.0 Å². The summed E-state index contributed by atoms with van der Waals surface area (Å²) in [6, 6.07) is 2.10. The summed E-state index contributed by atoms with van der Waals surface area (Å²) in [7, 11) is 0. The molecule has 2 heterocycles. The van der Waals surface area contributed by atoms with Crippen molar-refractivity contribution in [2.24, 2.45) is 0 Å². The number of aromatic amines is 1. The molecular formula is C20H18F3N3O2S. The van der Waals surface area contributed by atoms with E-state index < -0.39 is 28.8 Å². The molecule has 0 saturated carbocycles. The number of carbonyl (C=O) groups excluding carboxylic acids is 2. The Morgan fingerprint density at radius 3 is 2.31 bits per heavy atom. The molecule has 3 aromatic rings. The van der Waals surface area contributed by atoms with Gasteiger partial charge in [-0.05, 0) is 6.07 Å². The topological polar surface area (TPSA) is 75.7 Å². The minimum atomic E-state index is -1.30. The first-order valence-corrected chi connectivity index (χ1v) is 9.61. The van der Waals surface area contributed by atoms with Crippen LogP contribution in [0.4, 0.5) is 13.2 Å². The number of aryl methyl sites for hydroxylation is 1. The molecule has 0 aliphatic rings. The molecule has 5 nitrogen and oxygen atoms in total. The lowest BCUT2D eigenvalue weighted by atomic mass is 9.98. The molecule has 0 aliphatic carbocycles. The van der Waals surface area contributed by atoms with Gasteiger partial charge in [-0.2, -0.15) is 0 Å². The van der Waals surface area contributed by atoms with Gasteiger partial charge in [0.2, 0.25) is 0 Å². The molecule has 0 saturated heterocycles. The van der Waals surface area contributed by atoms with Crippen molar-refractivity contribution in [1.82, 2.24) is 15.2 Å². The van der Waals surface area contributed by atoms with Crippen LogP contribution >= 0.6 is 11.3 Å². The molecule has 1 aromatic carbocycles. The molecule has 2 aromatic heterocycles. The van der Waals surface area contributed by atoms with Crippen molar-refractivity contribution in [2.75, 3.05) is 0 Å². The molecule has 0 spiro atoms. The first-order valence-electron chi connectivity index (χ1n) is 8.80. The van der Waals surface area contributed by atoms with E-state index in [2.05, 4.69) is 15.2 Å². The van der Waals surface area contributed by atoms with E-state index in [1.807, 2.05) is 20.8 Å². The smallest absolute Gasteiger partial charge is 0.200 e. The fourth-order valence-electron chi connectivity index (χ4n) is 2.60. The maximum absolute atomic E-state index is 13.8. The van der Waals surface area contributed by atoms with E-state index in [1.165, 1.54) is 23.6 Å². The van der Waals surface area contributed by atoms with Gasteiger partial charge in [-0.3, -0.25) is 9.59 Å². The van der Waals surface area contributed by atoms with Gasteiger partial charge in [-0.15, -0.1) is 21.5 Å². The van der Waals surface area contributed by atoms with Gasteiger partial charge in [-0.25, -0.2) is 13.2 Å². The zero-order valence-corrected chi connectivity index (χ0v) is 16.8. The molecule has 152 valence electrons. The van der Waals surface area contributed by atoms with E-state index in [0.717, 1.165) is 10.0 Å². The largest absolute Gasteiger partial charge is 0.358 e. The number of nitrogens with one attached hydrogen (secondary N) is 1. The second-order valence-electron chi connectivity index (χ2n) is 7.55. The van der Waals surface area contributed by atoms with Gasteiger partial charge in [0.25, 0.3) is 0 Å². The Labute approximate surface area is 169 Å². The summed E-state index contributed by atoms with van der Waals surface area (Å²) in [6.07, 6.45) is 1.71. The first-order chi connectivity index (χ1) is 13.6. The molecule has 3 rings (SSSR count). The predicted molar refractivity (Wildman–Crippen MR) is 102 cm³/mol. The Hall–Kier alpha value is -2.81. The summed E-state index contributed by atoms with van der Waals surface area (Å²) in [5, 5.41) is 9.81. The molecule has 0 unspecified atom stereocenters. The number of H-pyrrole nitrogens is 1. The van der Waals surface area contributed by atoms with Crippen LogP contribution in [0.25, 0.3) is 0 Å². The lowest BCUT2D eigenvalue weighted by Gasteiger charge is -2.12. The van der Waals surface area contributed by atoms with Gasteiger partial charge in [0.15, 0.2) is 11.6 Å². The number of rotatable bonds is 6. The van der Waals surface area contributed by atoms with Crippen LogP contribution in [0, 0.1) is 17.5 Å². The lowest BCUT2D eigenvalue weighted by Crippen LogP contribution is -2.10. The monoisotopic (exact) mass is 421 g/mol. The number of ketones is 2. The number of nitrogens with zero attached hydrogens (tertiary/aromatic N) is 2. The van der Waals surface area contributed by atoms with E-state index in [0.29, 0.717) is 18.6 Å². The van der Waals surface area contributed by atoms with Crippen LogP contribution in [-0.4, -0.2) is 26.7 Å². The molecule has 0 amide bonds. The second-order valence-corrected chi connectivity index (χ2v) is 8.61. The minimum Gasteiger partial charge on any atom is -0.358 e.